The highest BCUT2D eigenvalue weighted by atomic mass is 32.3. The molecule has 2 aromatic rings. The molecular weight excluding hydrogens is 314 g/mol. The van der Waals surface area contributed by atoms with Crippen LogP contribution in [0.1, 0.15) is 5.56 Å². The SMILES string of the molecule is O=C(Nc1ncncn1)N(S)S(=O)(=O)Cc1ccccc1. The second kappa shape index (κ2) is 6.50. The summed E-state index contributed by atoms with van der Waals surface area (Å²) in [6.45, 7) is 0. The highest BCUT2D eigenvalue weighted by molar-refractivity contribution is 8.00. The van der Waals surface area contributed by atoms with E-state index in [-0.39, 0.29) is 11.7 Å². The average Bonchev–Trinajstić information content (AvgIpc) is 2.48. The maximum absolute atomic E-state index is 12.1. The molecule has 0 unspecified atom stereocenters. The number of urea groups is 1. The number of nitrogens with one attached hydrogen (secondary N) is 1. The van der Waals surface area contributed by atoms with Crippen molar-refractivity contribution in [1.82, 2.24) is 18.7 Å². The van der Waals surface area contributed by atoms with Gasteiger partial charge < -0.3 is 0 Å². The second-order valence-corrected chi connectivity index (χ2v) is 6.37. The van der Waals surface area contributed by atoms with Crippen LogP contribution in [0.2, 0.25) is 0 Å². The predicted octanol–water partition coefficient (Wildman–Crippen LogP) is 1.08. The first-order valence-corrected chi connectivity index (χ1v) is 7.69. The van der Waals surface area contributed by atoms with E-state index in [1.807, 2.05) is 0 Å². The van der Waals surface area contributed by atoms with Crippen molar-refractivity contribution in [3.05, 3.63) is 48.5 Å². The molecule has 10 heteroatoms. The quantitative estimate of drug-likeness (QED) is 0.815. The summed E-state index contributed by atoms with van der Waals surface area (Å²) in [6.07, 6.45) is 2.34. The smallest absolute Gasteiger partial charge is 0.274 e. The summed E-state index contributed by atoms with van der Waals surface area (Å²) in [7, 11) is -3.92. The van der Waals surface area contributed by atoms with Crippen LogP contribution in [0.3, 0.4) is 0 Å². The van der Waals surface area contributed by atoms with E-state index in [9.17, 15) is 13.2 Å². The van der Waals surface area contributed by atoms with Gasteiger partial charge in [-0.3, -0.25) is 5.32 Å². The van der Waals surface area contributed by atoms with Crippen LogP contribution >= 0.6 is 12.8 Å². The Hall–Kier alpha value is -2.20. The number of nitrogens with zero attached hydrogens (tertiary/aromatic N) is 4. The Kier molecular flexibility index (Phi) is 4.70. The normalized spacial score (nSPS) is 10.9. The molecule has 0 bridgehead atoms. The summed E-state index contributed by atoms with van der Waals surface area (Å²) in [5.74, 6) is -0.411. The lowest BCUT2D eigenvalue weighted by Gasteiger charge is -2.15. The Bertz CT molecular complexity index is 709. The molecule has 1 heterocycles. The Balaban J connectivity index is 2.07. The third-order valence-corrected chi connectivity index (χ3v) is 4.66. The van der Waals surface area contributed by atoms with Crippen LogP contribution in [0.25, 0.3) is 0 Å². The van der Waals surface area contributed by atoms with Crippen LogP contribution in [0, 0.1) is 0 Å². The first kappa shape index (κ1) is 15.2. The van der Waals surface area contributed by atoms with Gasteiger partial charge in [0.1, 0.15) is 12.7 Å². The van der Waals surface area contributed by atoms with Crippen molar-refractivity contribution in [2.75, 3.05) is 5.32 Å². The van der Waals surface area contributed by atoms with Gasteiger partial charge in [0, 0.05) is 0 Å². The molecule has 2 rings (SSSR count). The van der Waals surface area contributed by atoms with Gasteiger partial charge in [-0.05, 0) is 18.4 Å². The molecule has 0 aliphatic heterocycles. The predicted molar refractivity (Wildman–Crippen MR) is 78.7 cm³/mol. The fourth-order valence-corrected chi connectivity index (χ4v) is 2.68. The van der Waals surface area contributed by atoms with Gasteiger partial charge in [0.05, 0.1) is 5.75 Å². The number of anilines is 1. The second-order valence-electron chi connectivity index (χ2n) is 3.88. The van der Waals surface area contributed by atoms with Gasteiger partial charge in [0.25, 0.3) is 10.0 Å². The van der Waals surface area contributed by atoms with E-state index in [1.165, 1.54) is 12.7 Å². The molecule has 1 N–H and O–H groups in total. The molecule has 8 nitrogen and oxygen atoms in total. The molecule has 0 spiro atoms. The van der Waals surface area contributed by atoms with Crippen LogP contribution in [0.4, 0.5) is 10.7 Å². The van der Waals surface area contributed by atoms with Crippen molar-refractivity contribution in [1.29, 1.82) is 0 Å². The number of hydrogen-bond donors (Lipinski definition) is 2. The zero-order valence-electron chi connectivity index (χ0n) is 10.6. The average molecular weight is 325 g/mol. The van der Waals surface area contributed by atoms with Crippen LogP contribution in [-0.4, -0.2) is 33.1 Å². The molecule has 0 aliphatic rings. The number of hydrogen-bond acceptors (Lipinski definition) is 7. The molecule has 0 aliphatic carbocycles. The van der Waals surface area contributed by atoms with Crippen molar-refractivity contribution in [2.45, 2.75) is 5.75 Å². The maximum atomic E-state index is 12.1. The number of carbonyl (C=O) groups excluding carboxylic acids is 1. The van der Waals surface area contributed by atoms with Crippen LogP contribution < -0.4 is 5.32 Å². The van der Waals surface area contributed by atoms with Gasteiger partial charge >= 0.3 is 6.03 Å². The molecule has 0 fully saturated rings. The van der Waals surface area contributed by atoms with Gasteiger partial charge in [-0.1, -0.05) is 30.3 Å². The summed E-state index contributed by atoms with van der Waals surface area (Å²) < 4.78 is 24.5. The van der Waals surface area contributed by atoms with Crippen molar-refractivity contribution >= 4 is 34.8 Å². The standard InChI is InChI=1S/C11H11N5O3S2/c17-11(15-10-13-7-12-8-14-10)16(20)21(18,19)6-9-4-2-1-3-5-9/h1-5,7-8,20H,6H2,(H,12,13,14,15,17). The van der Waals surface area contributed by atoms with E-state index in [2.05, 4.69) is 33.1 Å². The van der Waals surface area contributed by atoms with Gasteiger partial charge in [-0.25, -0.2) is 28.2 Å². The fraction of sp³-hybridized carbons (Fsp3) is 0.0909. The fourth-order valence-electron chi connectivity index (χ4n) is 1.42. The lowest BCUT2D eigenvalue weighted by Crippen LogP contribution is -2.34. The molecule has 0 saturated carbocycles. The van der Waals surface area contributed by atoms with Gasteiger partial charge in [0.15, 0.2) is 0 Å². The third kappa shape index (κ3) is 4.13. The van der Waals surface area contributed by atoms with E-state index < -0.39 is 16.1 Å². The summed E-state index contributed by atoms with van der Waals surface area (Å²) in [5, 5.41) is 2.20. The summed E-state index contributed by atoms with van der Waals surface area (Å²) in [5.41, 5.74) is 0.546. The van der Waals surface area contributed by atoms with Crippen LogP contribution in [0.15, 0.2) is 43.0 Å². The maximum Gasteiger partial charge on any atom is 0.348 e. The van der Waals surface area contributed by atoms with Crippen molar-refractivity contribution in [3.8, 4) is 0 Å². The number of thiol groups is 1. The van der Waals surface area contributed by atoms with Gasteiger partial charge in [-0.15, -0.1) is 0 Å². The van der Waals surface area contributed by atoms with Crippen LogP contribution in [0.5, 0.6) is 0 Å². The minimum absolute atomic E-state index is 0.0658. The number of aromatic nitrogens is 3. The molecule has 110 valence electrons. The number of benzene rings is 1. The van der Waals surface area contributed by atoms with E-state index in [0.29, 0.717) is 9.27 Å². The molecule has 0 atom stereocenters. The molecule has 1 aromatic heterocycles. The molecule has 1 aromatic carbocycles. The zero-order valence-corrected chi connectivity index (χ0v) is 12.3. The monoisotopic (exact) mass is 325 g/mol. The van der Waals surface area contributed by atoms with E-state index in [0.717, 1.165) is 0 Å². The lowest BCUT2D eigenvalue weighted by molar-refractivity contribution is 0.248. The first-order chi connectivity index (χ1) is 9.99. The van der Waals surface area contributed by atoms with Gasteiger partial charge in [0.2, 0.25) is 5.95 Å². The summed E-state index contributed by atoms with van der Waals surface area (Å²) in [4.78, 5) is 22.7. The highest BCUT2D eigenvalue weighted by Crippen LogP contribution is 2.14. The summed E-state index contributed by atoms with van der Waals surface area (Å²) >= 11 is 3.73. The van der Waals surface area contributed by atoms with Crippen molar-refractivity contribution in [2.24, 2.45) is 0 Å². The minimum atomic E-state index is -3.92. The Labute approximate surface area is 126 Å². The third-order valence-electron chi connectivity index (χ3n) is 2.34. The van der Waals surface area contributed by atoms with Crippen molar-refractivity contribution < 1.29 is 13.2 Å². The van der Waals surface area contributed by atoms with Gasteiger partial charge in [-0.2, -0.15) is 3.71 Å². The Morgan fingerprint density at radius 2 is 1.81 bits per heavy atom. The lowest BCUT2D eigenvalue weighted by atomic mass is 10.2. The van der Waals surface area contributed by atoms with Crippen molar-refractivity contribution in [3.63, 3.8) is 0 Å². The number of amides is 2. The molecular formula is C11H11N5O3S2. The molecule has 0 radical (unpaired) electrons. The van der Waals surface area contributed by atoms with Crippen LogP contribution in [-0.2, 0) is 15.8 Å². The Morgan fingerprint density at radius 3 is 2.43 bits per heavy atom. The zero-order chi connectivity index (χ0) is 15.3. The molecule has 0 saturated heterocycles. The number of sulfonamides is 1. The summed E-state index contributed by atoms with van der Waals surface area (Å²) in [6, 6.07) is 7.49. The molecule has 2 amide bonds. The Morgan fingerprint density at radius 1 is 1.19 bits per heavy atom. The van der Waals surface area contributed by atoms with E-state index in [1.54, 1.807) is 30.3 Å². The topological polar surface area (TPSA) is 105 Å². The first-order valence-electron chi connectivity index (χ1n) is 5.68. The highest BCUT2D eigenvalue weighted by Gasteiger charge is 2.25. The number of carbonyl (C=O) groups is 1. The van der Waals surface area contributed by atoms with E-state index in [4.69, 9.17) is 0 Å². The molecule has 21 heavy (non-hydrogen) atoms. The minimum Gasteiger partial charge on any atom is -0.274 e. The van der Waals surface area contributed by atoms with E-state index >= 15 is 0 Å². The largest absolute Gasteiger partial charge is 0.348 e. The number of rotatable bonds is 4.